The number of carboxylic acid groups (broad SMARTS) is 4. The maximum atomic E-state index is 15.0. The van der Waals surface area contributed by atoms with E-state index in [4.69, 9.17) is 5.73 Å². The number of carbonyl (C=O) groups is 12. The van der Waals surface area contributed by atoms with Crippen LogP contribution < -0.4 is 48.3 Å². The van der Waals surface area contributed by atoms with Gasteiger partial charge in [-0.25, -0.2) is 4.79 Å². The molecule has 0 saturated carbocycles. The number of hydrogen-bond acceptors (Lipinski definition) is 22. The van der Waals surface area contributed by atoms with E-state index in [9.17, 15) is 88.5 Å². The Labute approximate surface area is 619 Å². The number of aliphatic hydroxyl groups is 2. The van der Waals surface area contributed by atoms with Crippen LogP contribution in [0.4, 0.5) is 0 Å². The SMILES string of the molecule is C[C@@H](O)[C@H](NC(=O)[C@H](CS)NC(=O)[C@@H](NC(=O)[C@H](CCCCN)NC(=O)[C@@H](Cc1c[nH]c2ccccc12)NC(=O)[C@H](Cc1ccc(O)cc1)NC(=O)[C@H](CS)NC(=O)[C@@H](Cc1ccccc1)NC(=O)CN1CCN(CC(=O)O)CCN(CC(=O)O)CCN(CC(=O)O)CC1)[C@@H](C)O)C(=O)O.[90Y]. The van der Waals surface area contributed by atoms with Crippen LogP contribution in [-0.2, 0) is 110 Å². The molecule has 1 aromatic heterocycles. The molecule has 0 aliphatic carbocycles. The molecule has 0 spiro atoms. The number of thiol groups is 2. The van der Waals surface area contributed by atoms with Gasteiger partial charge in [-0.2, -0.15) is 25.3 Å². The number of phenolic OH excluding ortho intramolecular Hbond substituents is 1. The van der Waals surface area contributed by atoms with E-state index in [2.05, 4.69) is 72.8 Å². The average molecular weight is 1530 g/mol. The number of nitrogens with one attached hydrogen (secondary N) is 9. The van der Waals surface area contributed by atoms with E-state index in [0.717, 1.165) is 13.8 Å². The van der Waals surface area contributed by atoms with Gasteiger partial charge in [-0.1, -0.05) is 60.7 Å². The summed E-state index contributed by atoms with van der Waals surface area (Å²) in [7, 11) is 0. The summed E-state index contributed by atoms with van der Waals surface area (Å²) in [5.74, 6) is -13.5. The van der Waals surface area contributed by atoms with Gasteiger partial charge in [-0.05, 0) is 74.5 Å². The first kappa shape index (κ1) is 85.6. The molecule has 1 saturated heterocycles. The Kier molecular flexibility index (Phi) is 37.2. The standard InChI is InChI=1S/C65H92N14O19S2.Y/c1-38(80)56(64(96)73-51(37-100)63(95)75-57(39(2)81)65(97)98)74-58(90)46(14-8-9-19-66)69-61(93)49(30-42-31-67-45-13-7-6-12-44(42)45)71-60(92)48(29-41-15-17-43(82)18-16-41)70-62(94)50(36-99)72-59(91)47(28-40-10-4-3-5-11-40)68-52(83)32-76-20-22-77(33-53(84)85)24-26-79(35-55(88)89)27-25-78(23-21-76)34-54(86)87;/h3-7,10-13,15-18,31,38-39,46-51,56-57,67,80-82,99-100H,8-9,14,19-30,32-37,66H2,1-2H3,(H,68,83)(H,69,93)(H,70,94)(H,71,92)(H,72,91)(H,73,96)(H,74,90)(H,75,95)(H,84,85)(H,86,87)(H,88,89)(H,97,98);/t38-,39-,46+,47-,48+,49-,50+,51+,56+,57+;/m1./s1/i;1+1. The number of nitrogens with two attached hydrogens (primary N) is 1. The molecule has 0 unspecified atom stereocenters. The Morgan fingerprint density at radius 1 is 0.465 bits per heavy atom. The summed E-state index contributed by atoms with van der Waals surface area (Å²) in [6, 6.07) is 8.60. The molecule has 10 atom stereocenters. The van der Waals surface area contributed by atoms with Crippen LogP contribution in [-0.4, -0.2) is 289 Å². The number of aromatic amines is 1. The zero-order valence-corrected chi connectivity index (χ0v) is 60.7. The number of benzene rings is 3. The number of nitrogens with zero attached hydrogens (tertiary/aromatic N) is 4. The van der Waals surface area contributed by atoms with Crippen molar-refractivity contribution in [2.45, 2.75) is 113 Å². The number of amides is 8. The molecular weight excluding hydrogens is 1430 g/mol. The Hall–Kier alpha value is -7.84. The van der Waals surface area contributed by atoms with Crippen LogP contribution in [0.1, 0.15) is 49.8 Å². The summed E-state index contributed by atoms with van der Waals surface area (Å²) in [5, 5.41) is 90.6. The number of carbonyl (C=O) groups excluding carboxylic acids is 8. The number of unbranched alkanes of at least 4 members (excludes halogenated alkanes) is 1. The molecule has 36 heteroatoms. The number of H-pyrrole nitrogens is 1. The fraction of sp³-hybridized carbons (Fsp3) is 0.508. The van der Waals surface area contributed by atoms with Gasteiger partial charge in [0, 0.05) is 133 Å². The quantitative estimate of drug-likeness (QED) is 0.0151. The molecule has 1 aliphatic heterocycles. The van der Waals surface area contributed by atoms with Crippen LogP contribution >= 0.6 is 25.3 Å². The zero-order chi connectivity index (χ0) is 73.6. The summed E-state index contributed by atoms with van der Waals surface area (Å²) in [6.45, 7) is 1.80. The second-order valence-corrected chi connectivity index (χ2v) is 25.0. The number of hydrogen-bond donors (Lipinski definition) is 19. The fourth-order valence-electron chi connectivity index (χ4n) is 10.9. The number of phenols is 1. The summed E-state index contributed by atoms with van der Waals surface area (Å²) in [4.78, 5) is 172. The molecule has 4 aromatic rings. The molecule has 2 heterocycles. The second-order valence-electron chi connectivity index (χ2n) is 24.3. The van der Waals surface area contributed by atoms with Gasteiger partial charge in [0.2, 0.25) is 47.3 Å². The van der Waals surface area contributed by atoms with Gasteiger partial charge in [-0.3, -0.25) is 72.3 Å². The average Bonchev–Trinajstić information content (AvgIpc) is 1.29. The fourth-order valence-corrected chi connectivity index (χ4v) is 11.4. The van der Waals surface area contributed by atoms with E-state index in [1.807, 2.05) is 0 Å². The van der Waals surface area contributed by atoms with E-state index in [1.165, 1.54) is 24.3 Å². The first-order valence-electron chi connectivity index (χ1n) is 32.4. The van der Waals surface area contributed by atoms with Crippen LogP contribution in [0.5, 0.6) is 5.75 Å². The number of rotatable bonds is 38. The Balaban J connectivity index is 0.0000216. The van der Waals surface area contributed by atoms with E-state index in [0.29, 0.717) is 34.0 Å². The van der Waals surface area contributed by atoms with Crippen molar-refractivity contribution in [3.63, 3.8) is 0 Å². The molecule has 8 amide bonds. The molecule has 101 heavy (non-hydrogen) atoms. The van der Waals surface area contributed by atoms with E-state index in [1.54, 1.807) is 80.4 Å². The molecule has 5 rings (SSSR count). The minimum absolute atomic E-state index is 0. The van der Waals surface area contributed by atoms with Crippen LogP contribution in [0.15, 0.2) is 85.1 Å². The van der Waals surface area contributed by atoms with Crippen molar-refractivity contribution in [3.8, 4) is 5.75 Å². The van der Waals surface area contributed by atoms with Crippen molar-refractivity contribution in [2.75, 3.05) is 96.6 Å². The van der Waals surface area contributed by atoms with Crippen molar-refractivity contribution in [1.29, 1.82) is 0 Å². The van der Waals surface area contributed by atoms with E-state index >= 15 is 4.79 Å². The normalized spacial score (nSPS) is 16.5. The molecule has 551 valence electrons. The Morgan fingerprint density at radius 3 is 1.32 bits per heavy atom. The summed E-state index contributed by atoms with van der Waals surface area (Å²) < 4.78 is 0. The molecule has 0 bridgehead atoms. The second kappa shape index (κ2) is 43.9. The number of aliphatic hydroxyl groups excluding tert-OH is 2. The van der Waals surface area contributed by atoms with Crippen LogP contribution in [0.25, 0.3) is 10.9 Å². The van der Waals surface area contributed by atoms with Gasteiger partial charge >= 0.3 is 23.9 Å². The number of aromatic nitrogens is 1. The van der Waals surface area contributed by atoms with Crippen LogP contribution in [0, 0.1) is 0 Å². The predicted octanol–water partition coefficient (Wildman–Crippen LogP) is -3.91. The minimum atomic E-state index is -1.80. The van der Waals surface area contributed by atoms with Gasteiger partial charge in [-0.15, -0.1) is 0 Å². The first-order chi connectivity index (χ1) is 47.6. The number of aliphatic carboxylic acids is 4. The topological polar surface area (TPSA) is 497 Å². The van der Waals surface area contributed by atoms with Gasteiger partial charge in [0.05, 0.1) is 38.4 Å². The Morgan fingerprint density at radius 2 is 0.851 bits per heavy atom. The van der Waals surface area contributed by atoms with Crippen molar-refractivity contribution in [2.24, 2.45) is 5.73 Å². The van der Waals surface area contributed by atoms with E-state index < -0.39 is 151 Å². The van der Waals surface area contributed by atoms with Crippen LogP contribution in [0.3, 0.4) is 0 Å². The number of para-hydroxylation sites is 1. The summed E-state index contributed by atoms with van der Waals surface area (Å²) in [5.41, 5.74) is 7.98. The number of fused-ring (bicyclic) bond motifs is 1. The summed E-state index contributed by atoms with van der Waals surface area (Å²) >= 11 is 8.51. The van der Waals surface area contributed by atoms with Crippen molar-refractivity contribution in [3.05, 3.63) is 102 Å². The molecule has 3 aromatic carbocycles. The number of aromatic hydroxyl groups is 1. The van der Waals surface area contributed by atoms with Crippen molar-refractivity contribution < 1.29 is 126 Å². The van der Waals surface area contributed by atoms with E-state index in [-0.39, 0.29) is 148 Å². The third kappa shape index (κ3) is 29.6. The summed E-state index contributed by atoms with van der Waals surface area (Å²) in [6.07, 6.45) is -1.76. The maximum absolute atomic E-state index is 15.0. The van der Waals surface area contributed by atoms with Gasteiger partial charge in [0.1, 0.15) is 48.0 Å². The molecular formula is C65H92N14O19S2Y. The van der Waals surface area contributed by atoms with Crippen molar-refractivity contribution >= 4 is 107 Å². The monoisotopic (exact) mass is 1530 g/mol. The molecule has 33 nitrogen and oxygen atoms in total. The van der Waals surface area contributed by atoms with Gasteiger partial charge < -0.3 is 89.0 Å². The first-order valence-corrected chi connectivity index (χ1v) is 33.7. The molecule has 18 N–H and O–H groups in total. The Bertz CT molecular complexity index is 3380. The number of carboxylic acids is 4. The van der Waals surface area contributed by atoms with Crippen molar-refractivity contribution in [1.82, 2.24) is 67.1 Å². The zero-order valence-electron chi connectivity index (χ0n) is 56.1. The minimum Gasteiger partial charge on any atom is -0.508 e. The third-order valence-electron chi connectivity index (χ3n) is 16.4. The third-order valence-corrected chi connectivity index (χ3v) is 17.1. The largest absolute Gasteiger partial charge is 0.508 e. The molecule has 1 radical (unpaired) electrons. The van der Waals surface area contributed by atoms with Crippen LogP contribution in [0.2, 0.25) is 0 Å². The molecule has 1 fully saturated rings. The smallest absolute Gasteiger partial charge is 0.328 e. The predicted molar refractivity (Wildman–Crippen MR) is 370 cm³/mol. The molecule has 1 aliphatic rings. The maximum Gasteiger partial charge on any atom is 0.328 e. The van der Waals surface area contributed by atoms with Gasteiger partial charge in [0.15, 0.2) is 6.04 Å². The van der Waals surface area contributed by atoms with Gasteiger partial charge in [0.25, 0.3) is 0 Å².